The minimum atomic E-state index is -0.325. The van der Waals surface area contributed by atoms with E-state index in [1.54, 1.807) is 18.2 Å². The molecule has 1 aliphatic carbocycles. The molecule has 1 aliphatic heterocycles. The Labute approximate surface area is 218 Å². The highest BCUT2D eigenvalue weighted by atomic mass is 19.1. The van der Waals surface area contributed by atoms with Gasteiger partial charge in [-0.05, 0) is 54.7 Å². The lowest BCUT2D eigenvalue weighted by atomic mass is 10.1. The van der Waals surface area contributed by atoms with E-state index in [1.807, 2.05) is 30.9 Å². The Balaban J connectivity index is 1.50. The van der Waals surface area contributed by atoms with Gasteiger partial charge in [0.15, 0.2) is 0 Å². The van der Waals surface area contributed by atoms with E-state index in [0.717, 1.165) is 36.9 Å². The summed E-state index contributed by atoms with van der Waals surface area (Å²) in [6.07, 6.45) is 4.47. The molecular formula is C29H37FN4O3. The molecule has 1 saturated heterocycles. The zero-order chi connectivity index (χ0) is 26.4. The predicted octanol–water partition coefficient (Wildman–Crippen LogP) is 4.58. The molecule has 3 amide bonds. The molecule has 7 nitrogen and oxygen atoms in total. The van der Waals surface area contributed by atoms with Gasteiger partial charge in [0.1, 0.15) is 5.82 Å². The maximum Gasteiger partial charge on any atom is 0.253 e. The quantitative estimate of drug-likeness (QED) is 0.547. The van der Waals surface area contributed by atoms with Crippen LogP contribution in [-0.2, 0) is 16.1 Å². The number of amides is 3. The van der Waals surface area contributed by atoms with Gasteiger partial charge in [0.25, 0.3) is 5.91 Å². The van der Waals surface area contributed by atoms with Crippen molar-refractivity contribution in [1.29, 1.82) is 0 Å². The summed E-state index contributed by atoms with van der Waals surface area (Å²) in [5.74, 6) is -0.0958. The molecule has 4 rings (SSSR count). The molecule has 0 radical (unpaired) electrons. The highest BCUT2D eigenvalue weighted by Gasteiger charge is 2.26. The number of rotatable bonds is 8. The Kier molecular flexibility index (Phi) is 8.79. The summed E-state index contributed by atoms with van der Waals surface area (Å²) in [5.41, 5.74) is 2.62. The smallest absolute Gasteiger partial charge is 0.253 e. The summed E-state index contributed by atoms with van der Waals surface area (Å²) in [5, 5.41) is 5.93. The summed E-state index contributed by atoms with van der Waals surface area (Å²) in [6, 6.07) is 11.5. The molecule has 0 bridgehead atoms. The maximum absolute atomic E-state index is 13.3. The number of nitrogens with one attached hydrogen (secondary N) is 2. The lowest BCUT2D eigenvalue weighted by Gasteiger charge is -2.37. The summed E-state index contributed by atoms with van der Waals surface area (Å²) in [4.78, 5) is 42.6. The average molecular weight is 509 g/mol. The fourth-order valence-corrected chi connectivity index (χ4v) is 5.06. The maximum atomic E-state index is 13.3. The number of nitrogens with zero attached hydrogens (tertiary/aromatic N) is 2. The van der Waals surface area contributed by atoms with Gasteiger partial charge < -0.3 is 20.4 Å². The molecule has 2 aromatic carbocycles. The van der Waals surface area contributed by atoms with Crippen LogP contribution in [0.4, 0.5) is 15.8 Å². The number of halogens is 1. The second-order valence-electron chi connectivity index (χ2n) is 10.5. The molecule has 198 valence electrons. The van der Waals surface area contributed by atoms with Crippen LogP contribution in [0.1, 0.15) is 61.9 Å². The van der Waals surface area contributed by atoms with Gasteiger partial charge in [-0.2, -0.15) is 0 Å². The highest BCUT2D eigenvalue weighted by molar-refractivity contribution is 6.02. The number of anilines is 2. The van der Waals surface area contributed by atoms with Crippen LogP contribution in [0, 0.1) is 17.7 Å². The first-order valence-corrected chi connectivity index (χ1v) is 13.3. The zero-order valence-electron chi connectivity index (χ0n) is 21.8. The number of hydrogen-bond donors (Lipinski definition) is 2. The van der Waals surface area contributed by atoms with E-state index >= 15 is 0 Å². The number of piperazine rings is 1. The third-order valence-corrected chi connectivity index (χ3v) is 7.16. The van der Waals surface area contributed by atoms with E-state index in [2.05, 4.69) is 15.5 Å². The minimum absolute atomic E-state index is 0.000185. The second kappa shape index (κ2) is 12.2. The summed E-state index contributed by atoms with van der Waals surface area (Å²) in [7, 11) is 0. The number of carbonyl (C=O) groups is 3. The average Bonchev–Trinajstić information content (AvgIpc) is 3.43. The molecule has 37 heavy (non-hydrogen) atoms. The Hall–Kier alpha value is -3.42. The van der Waals surface area contributed by atoms with E-state index in [4.69, 9.17) is 0 Å². The number of hydrogen-bond acceptors (Lipinski definition) is 4. The van der Waals surface area contributed by atoms with E-state index in [0.29, 0.717) is 49.8 Å². The molecule has 0 spiro atoms. The standard InChI is InChI=1S/C29H37FN4O3/c1-20(2)17-27(35)34-15-13-33(14-16-34)26-12-11-24(32-28(36)22-5-3-4-6-22)18-25(26)29(37)31-19-21-7-9-23(30)10-8-21/h7-12,18,20,22H,3-6,13-17,19H2,1-2H3,(H,31,37)(H,32,36). The van der Waals surface area contributed by atoms with E-state index in [-0.39, 0.29) is 36.0 Å². The van der Waals surface area contributed by atoms with Gasteiger partial charge in [0.05, 0.1) is 5.56 Å². The van der Waals surface area contributed by atoms with Crippen molar-refractivity contribution in [3.05, 3.63) is 59.4 Å². The van der Waals surface area contributed by atoms with Crippen LogP contribution in [0.2, 0.25) is 0 Å². The van der Waals surface area contributed by atoms with Crippen molar-refractivity contribution >= 4 is 29.1 Å². The molecule has 2 fully saturated rings. The Morgan fingerprint density at radius 1 is 0.973 bits per heavy atom. The van der Waals surface area contributed by atoms with E-state index < -0.39 is 0 Å². The van der Waals surface area contributed by atoms with Crippen molar-refractivity contribution < 1.29 is 18.8 Å². The van der Waals surface area contributed by atoms with Crippen molar-refractivity contribution in [2.45, 2.75) is 52.5 Å². The van der Waals surface area contributed by atoms with Gasteiger partial charge in [0.2, 0.25) is 11.8 Å². The van der Waals surface area contributed by atoms with Crippen molar-refractivity contribution in [2.24, 2.45) is 11.8 Å². The SMILES string of the molecule is CC(C)CC(=O)N1CCN(c2ccc(NC(=O)C3CCCC3)cc2C(=O)NCc2ccc(F)cc2)CC1. The lowest BCUT2D eigenvalue weighted by Crippen LogP contribution is -2.49. The Morgan fingerprint density at radius 3 is 2.30 bits per heavy atom. The molecule has 0 aromatic heterocycles. The summed E-state index contributed by atoms with van der Waals surface area (Å²) >= 11 is 0. The van der Waals surface area contributed by atoms with Crippen molar-refractivity contribution in [2.75, 3.05) is 36.4 Å². The number of carbonyl (C=O) groups excluding carboxylic acids is 3. The molecule has 1 saturated carbocycles. The predicted molar refractivity (Wildman–Crippen MR) is 143 cm³/mol. The van der Waals surface area contributed by atoms with Crippen LogP contribution in [0.15, 0.2) is 42.5 Å². The third-order valence-electron chi connectivity index (χ3n) is 7.16. The number of benzene rings is 2. The largest absolute Gasteiger partial charge is 0.367 e. The van der Waals surface area contributed by atoms with Crippen LogP contribution < -0.4 is 15.5 Å². The van der Waals surface area contributed by atoms with Crippen molar-refractivity contribution in [3.63, 3.8) is 0 Å². The van der Waals surface area contributed by atoms with E-state index in [1.165, 1.54) is 12.1 Å². The molecule has 2 aromatic rings. The highest BCUT2D eigenvalue weighted by Crippen LogP contribution is 2.29. The fourth-order valence-electron chi connectivity index (χ4n) is 5.06. The zero-order valence-corrected chi connectivity index (χ0v) is 21.8. The van der Waals surface area contributed by atoms with Gasteiger partial charge in [-0.3, -0.25) is 14.4 Å². The monoisotopic (exact) mass is 508 g/mol. The molecule has 0 atom stereocenters. The summed E-state index contributed by atoms with van der Waals surface area (Å²) in [6.45, 7) is 6.78. The van der Waals surface area contributed by atoms with Gasteiger partial charge >= 0.3 is 0 Å². The minimum Gasteiger partial charge on any atom is -0.367 e. The first-order valence-electron chi connectivity index (χ1n) is 13.3. The first-order chi connectivity index (χ1) is 17.8. The van der Waals surface area contributed by atoms with Crippen molar-refractivity contribution in [1.82, 2.24) is 10.2 Å². The van der Waals surface area contributed by atoms with Crippen LogP contribution in [0.5, 0.6) is 0 Å². The molecule has 2 N–H and O–H groups in total. The normalized spacial score (nSPS) is 16.2. The topological polar surface area (TPSA) is 81.8 Å². The third kappa shape index (κ3) is 7.08. The Bertz CT molecular complexity index is 1100. The molecule has 8 heteroatoms. The van der Waals surface area contributed by atoms with Gasteiger partial charge in [-0.25, -0.2) is 4.39 Å². The lowest BCUT2D eigenvalue weighted by molar-refractivity contribution is -0.132. The van der Waals surface area contributed by atoms with Gasteiger partial charge in [-0.1, -0.05) is 38.8 Å². The fraction of sp³-hybridized carbons (Fsp3) is 0.483. The Morgan fingerprint density at radius 2 is 1.65 bits per heavy atom. The van der Waals surface area contributed by atoms with Crippen LogP contribution in [-0.4, -0.2) is 48.8 Å². The summed E-state index contributed by atoms with van der Waals surface area (Å²) < 4.78 is 13.3. The molecule has 1 heterocycles. The van der Waals surface area contributed by atoms with Crippen molar-refractivity contribution in [3.8, 4) is 0 Å². The van der Waals surface area contributed by atoms with Gasteiger partial charge in [0, 0.05) is 56.4 Å². The van der Waals surface area contributed by atoms with Crippen LogP contribution >= 0.6 is 0 Å². The van der Waals surface area contributed by atoms with Crippen LogP contribution in [0.3, 0.4) is 0 Å². The second-order valence-corrected chi connectivity index (χ2v) is 10.5. The molecule has 0 unspecified atom stereocenters. The first kappa shape index (κ1) is 26.6. The van der Waals surface area contributed by atoms with Gasteiger partial charge in [-0.15, -0.1) is 0 Å². The molecular weight excluding hydrogens is 471 g/mol. The van der Waals surface area contributed by atoms with E-state index in [9.17, 15) is 18.8 Å². The van der Waals surface area contributed by atoms with Crippen LogP contribution in [0.25, 0.3) is 0 Å². The molecule has 2 aliphatic rings.